The van der Waals surface area contributed by atoms with Crippen molar-refractivity contribution in [3.8, 4) is 0 Å². The summed E-state index contributed by atoms with van der Waals surface area (Å²) < 4.78 is 0.902. The minimum Gasteiger partial charge on any atom is -0.343 e. The second-order valence-corrected chi connectivity index (χ2v) is 5.12. The normalized spacial score (nSPS) is 20.4. The second kappa shape index (κ2) is 4.49. The van der Waals surface area contributed by atoms with Crippen LogP contribution in [0.2, 0.25) is 0 Å². The minimum atomic E-state index is -0.462. The molecule has 1 fully saturated rings. The van der Waals surface area contributed by atoms with Crippen molar-refractivity contribution in [1.82, 2.24) is 5.32 Å². The molecule has 1 aromatic rings. The predicted molar refractivity (Wildman–Crippen MR) is 68.8 cm³/mol. The number of aryl methyl sites for hydroxylation is 1. The lowest BCUT2D eigenvalue weighted by atomic mass is 10.1. The van der Waals surface area contributed by atoms with E-state index in [4.69, 9.17) is 0 Å². The monoisotopic (exact) mass is 296 g/mol. The molecule has 0 bridgehead atoms. The molecule has 1 aliphatic rings. The van der Waals surface area contributed by atoms with Gasteiger partial charge in [0.25, 0.3) is 0 Å². The van der Waals surface area contributed by atoms with Crippen LogP contribution in [-0.2, 0) is 9.59 Å². The first-order chi connectivity index (χ1) is 7.97. The van der Waals surface area contributed by atoms with Crippen molar-refractivity contribution in [2.75, 3.05) is 11.4 Å². The highest BCUT2D eigenvalue weighted by Gasteiger charge is 2.30. The first kappa shape index (κ1) is 12.1. The van der Waals surface area contributed by atoms with Crippen molar-refractivity contribution in [2.45, 2.75) is 19.9 Å². The topological polar surface area (TPSA) is 49.4 Å². The molecule has 1 unspecified atom stereocenters. The van der Waals surface area contributed by atoms with Crippen LogP contribution in [0.3, 0.4) is 0 Å². The average Bonchev–Trinajstić information content (AvgIpc) is 2.22. The van der Waals surface area contributed by atoms with E-state index in [1.54, 1.807) is 6.92 Å². The molecule has 17 heavy (non-hydrogen) atoms. The van der Waals surface area contributed by atoms with Crippen molar-refractivity contribution in [1.29, 1.82) is 0 Å². The molecule has 1 N–H and O–H groups in total. The smallest absolute Gasteiger partial charge is 0.249 e. The van der Waals surface area contributed by atoms with Crippen molar-refractivity contribution >= 4 is 33.4 Å². The number of carbonyl (C=O) groups is 2. The van der Waals surface area contributed by atoms with E-state index in [9.17, 15) is 9.59 Å². The Morgan fingerprint density at radius 3 is 2.71 bits per heavy atom. The number of benzene rings is 1. The van der Waals surface area contributed by atoms with Gasteiger partial charge in [0.05, 0.1) is 0 Å². The molecule has 1 aromatic carbocycles. The number of anilines is 1. The second-order valence-electron chi connectivity index (χ2n) is 4.20. The van der Waals surface area contributed by atoms with E-state index < -0.39 is 6.04 Å². The SMILES string of the molecule is Cc1cc(Br)cc(N2CC(=O)NC(C)C2=O)c1. The summed E-state index contributed by atoms with van der Waals surface area (Å²) in [4.78, 5) is 25.0. The lowest BCUT2D eigenvalue weighted by molar-refractivity contribution is -0.130. The maximum atomic E-state index is 12.0. The van der Waals surface area contributed by atoms with Gasteiger partial charge in [0, 0.05) is 10.2 Å². The van der Waals surface area contributed by atoms with E-state index in [1.807, 2.05) is 25.1 Å². The largest absolute Gasteiger partial charge is 0.343 e. The van der Waals surface area contributed by atoms with Crippen LogP contribution in [-0.4, -0.2) is 24.4 Å². The zero-order valence-corrected chi connectivity index (χ0v) is 11.2. The Balaban J connectivity index is 2.37. The summed E-state index contributed by atoms with van der Waals surface area (Å²) in [6, 6.07) is 5.24. The number of nitrogens with zero attached hydrogens (tertiary/aromatic N) is 1. The summed E-state index contributed by atoms with van der Waals surface area (Å²) in [6.07, 6.45) is 0. The van der Waals surface area contributed by atoms with Crippen LogP contribution < -0.4 is 10.2 Å². The number of carbonyl (C=O) groups excluding carboxylic acids is 2. The van der Waals surface area contributed by atoms with Crippen LogP contribution in [0, 0.1) is 6.92 Å². The van der Waals surface area contributed by atoms with Crippen LogP contribution in [0.25, 0.3) is 0 Å². The molecule has 0 aromatic heterocycles. The highest BCUT2D eigenvalue weighted by atomic mass is 79.9. The molecule has 1 aliphatic heterocycles. The van der Waals surface area contributed by atoms with Crippen molar-refractivity contribution in [3.63, 3.8) is 0 Å². The van der Waals surface area contributed by atoms with Gasteiger partial charge in [-0.05, 0) is 37.6 Å². The fourth-order valence-electron chi connectivity index (χ4n) is 1.90. The molecule has 1 saturated heterocycles. The number of piperazine rings is 1. The van der Waals surface area contributed by atoms with Crippen molar-refractivity contribution < 1.29 is 9.59 Å². The van der Waals surface area contributed by atoms with Gasteiger partial charge in [-0.2, -0.15) is 0 Å². The van der Waals surface area contributed by atoms with Gasteiger partial charge in [0.15, 0.2) is 0 Å². The van der Waals surface area contributed by atoms with Crippen molar-refractivity contribution in [3.05, 3.63) is 28.2 Å². The third kappa shape index (κ3) is 2.49. The van der Waals surface area contributed by atoms with Crippen LogP contribution in [0.5, 0.6) is 0 Å². The summed E-state index contributed by atoms with van der Waals surface area (Å²) in [7, 11) is 0. The lowest BCUT2D eigenvalue weighted by Crippen LogP contribution is -2.57. The molecule has 0 radical (unpaired) electrons. The van der Waals surface area contributed by atoms with E-state index in [2.05, 4.69) is 21.2 Å². The number of hydrogen-bond acceptors (Lipinski definition) is 2. The Morgan fingerprint density at radius 2 is 2.06 bits per heavy atom. The van der Waals surface area contributed by atoms with Gasteiger partial charge in [0.1, 0.15) is 12.6 Å². The summed E-state index contributed by atoms with van der Waals surface area (Å²) in [5.41, 5.74) is 1.80. The van der Waals surface area contributed by atoms with E-state index in [-0.39, 0.29) is 18.4 Å². The van der Waals surface area contributed by atoms with Gasteiger partial charge in [-0.1, -0.05) is 15.9 Å². The molecule has 90 valence electrons. The molecule has 4 nitrogen and oxygen atoms in total. The molecule has 2 amide bonds. The van der Waals surface area contributed by atoms with E-state index >= 15 is 0 Å². The van der Waals surface area contributed by atoms with Crippen LogP contribution >= 0.6 is 15.9 Å². The number of amides is 2. The van der Waals surface area contributed by atoms with E-state index in [0.717, 1.165) is 15.7 Å². The van der Waals surface area contributed by atoms with Gasteiger partial charge in [-0.15, -0.1) is 0 Å². The van der Waals surface area contributed by atoms with E-state index in [0.29, 0.717) is 0 Å². The third-order valence-electron chi connectivity index (χ3n) is 2.65. The lowest BCUT2D eigenvalue weighted by Gasteiger charge is -2.31. The third-order valence-corrected chi connectivity index (χ3v) is 3.11. The zero-order chi connectivity index (χ0) is 12.6. The van der Waals surface area contributed by atoms with Crippen LogP contribution in [0.1, 0.15) is 12.5 Å². The summed E-state index contributed by atoms with van der Waals surface area (Å²) in [6.45, 7) is 3.72. The highest BCUT2D eigenvalue weighted by molar-refractivity contribution is 9.10. The Labute approximate surface area is 108 Å². The molecule has 0 saturated carbocycles. The van der Waals surface area contributed by atoms with Gasteiger partial charge in [-0.3, -0.25) is 9.59 Å². The molecule has 5 heteroatoms. The van der Waals surface area contributed by atoms with Gasteiger partial charge < -0.3 is 10.2 Å². The minimum absolute atomic E-state index is 0.0814. The van der Waals surface area contributed by atoms with Crippen LogP contribution in [0.15, 0.2) is 22.7 Å². The quantitative estimate of drug-likeness (QED) is 0.856. The Morgan fingerprint density at radius 1 is 1.35 bits per heavy atom. The molecular formula is C12H13BrN2O2. The fourth-order valence-corrected chi connectivity index (χ4v) is 2.49. The molecule has 1 atom stereocenters. The number of nitrogens with one attached hydrogen (secondary N) is 1. The Kier molecular flexibility index (Phi) is 3.19. The molecule has 1 heterocycles. The van der Waals surface area contributed by atoms with Crippen molar-refractivity contribution in [2.24, 2.45) is 0 Å². The first-order valence-corrected chi connectivity index (χ1v) is 6.14. The van der Waals surface area contributed by atoms with Crippen LogP contribution in [0.4, 0.5) is 5.69 Å². The molecule has 0 aliphatic carbocycles. The predicted octanol–water partition coefficient (Wildman–Crippen LogP) is 1.61. The van der Waals surface area contributed by atoms with Gasteiger partial charge >= 0.3 is 0 Å². The molecular weight excluding hydrogens is 284 g/mol. The standard InChI is InChI=1S/C12H13BrN2O2/c1-7-3-9(13)5-10(4-7)15-6-11(16)14-8(2)12(15)17/h3-5,8H,6H2,1-2H3,(H,14,16). The Bertz CT molecular complexity index is 467. The number of halogens is 1. The zero-order valence-electron chi connectivity index (χ0n) is 9.66. The Hall–Kier alpha value is -1.36. The average molecular weight is 297 g/mol. The molecule has 0 spiro atoms. The number of rotatable bonds is 1. The van der Waals surface area contributed by atoms with Gasteiger partial charge in [-0.25, -0.2) is 0 Å². The number of hydrogen-bond donors (Lipinski definition) is 1. The summed E-state index contributed by atoms with van der Waals surface area (Å²) >= 11 is 3.39. The highest BCUT2D eigenvalue weighted by Crippen LogP contribution is 2.24. The first-order valence-electron chi connectivity index (χ1n) is 5.35. The maximum absolute atomic E-state index is 12.0. The summed E-state index contributed by atoms with van der Waals surface area (Å²) in [5, 5.41) is 2.62. The van der Waals surface area contributed by atoms with Gasteiger partial charge in [0.2, 0.25) is 11.8 Å². The maximum Gasteiger partial charge on any atom is 0.249 e. The fraction of sp³-hybridized carbons (Fsp3) is 0.333. The molecule has 2 rings (SSSR count). The van der Waals surface area contributed by atoms with E-state index in [1.165, 1.54) is 4.90 Å². The summed E-state index contributed by atoms with van der Waals surface area (Å²) in [5.74, 6) is -0.211.